The van der Waals surface area contributed by atoms with E-state index in [4.69, 9.17) is 10.2 Å². The Kier molecular flexibility index (Phi) is 12.5. The molecule has 0 fully saturated rings. The number of hydrogen-bond donors (Lipinski definition) is 2. The van der Waals surface area contributed by atoms with Crippen molar-refractivity contribution in [2.24, 2.45) is 0 Å². The molecule has 0 aromatic rings. The maximum Gasteiger partial charge on any atom is 0.331 e. The molecule has 0 aromatic heterocycles. The summed E-state index contributed by atoms with van der Waals surface area (Å²) in [6.45, 7) is 5.81. The fourth-order valence-corrected chi connectivity index (χ4v) is 0.512. The molecule has 4 heteroatoms. The Morgan fingerprint density at radius 2 is 1.92 bits per heavy atom. The SMILES string of the molecule is CC.CCO.O=C1C=C[C@H](CO)O1. The van der Waals surface area contributed by atoms with Crippen molar-refractivity contribution in [1.82, 2.24) is 0 Å². The first kappa shape index (κ1) is 14.6. The second-order valence-electron chi connectivity index (χ2n) is 1.83. The number of carbonyl (C=O) groups is 1. The lowest BCUT2D eigenvalue weighted by Gasteiger charge is -2.00. The van der Waals surface area contributed by atoms with Crippen LogP contribution < -0.4 is 0 Å². The highest BCUT2D eigenvalue weighted by Gasteiger charge is 2.13. The van der Waals surface area contributed by atoms with Gasteiger partial charge in [0.05, 0.1) is 6.61 Å². The first-order valence-corrected chi connectivity index (χ1v) is 4.35. The highest BCUT2D eigenvalue weighted by Crippen LogP contribution is 2.02. The van der Waals surface area contributed by atoms with Gasteiger partial charge in [-0.1, -0.05) is 13.8 Å². The van der Waals surface area contributed by atoms with E-state index in [0.717, 1.165) is 0 Å². The number of cyclic esters (lactones) is 1. The van der Waals surface area contributed by atoms with Crippen LogP contribution in [0.5, 0.6) is 0 Å². The number of aliphatic hydroxyl groups is 2. The summed E-state index contributed by atoms with van der Waals surface area (Å²) in [6.07, 6.45) is 2.44. The van der Waals surface area contributed by atoms with Crippen LogP contribution in [0.2, 0.25) is 0 Å². The molecule has 13 heavy (non-hydrogen) atoms. The molecule has 2 N–H and O–H groups in total. The van der Waals surface area contributed by atoms with E-state index in [1.165, 1.54) is 12.2 Å². The third-order valence-corrected chi connectivity index (χ3v) is 0.894. The van der Waals surface area contributed by atoms with Crippen molar-refractivity contribution < 1.29 is 19.7 Å². The average Bonchev–Trinajstić information content (AvgIpc) is 2.56. The molecule has 78 valence electrons. The predicted molar refractivity (Wildman–Crippen MR) is 50.2 cm³/mol. The highest BCUT2D eigenvalue weighted by molar-refractivity contribution is 5.84. The normalized spacial score (nSPS) is 17.9. The summed E-state index contributed by atoms with van der Waals surface area (Å²) in [5.41, 5.74) is 0. The standard InChI is InChI=1S/C5H6O3.C2H6O.C2H6/c6-3-4-1-2-5(7)8-4;1-2-3;1-2/h1-2,4,6H,3H2;3H,2H2,1H3;1-2H3/t4-;;/m1../s1. The highest BCUT2D eigenvalue weighted by atomic mass is 16.6. The first-order chi connectivity index (χ1) is 6.24. The summed E-state index contributed by atoms with van der Waals surface area (Å²) < 4.78 is 4.51. The lowest BCUT2D eigenvalue weighted by molar-refractivity contribution is -0.139. The molecule has 1 rings (SSSR count). The van der Waals surface area contributed by atoms with Crippen LogP contribution in [0.4, 0.5) is 0 Å². The monoisotopic (exact) mass is 190 g/mol. The summed E-state index contributed by atoms with van der Waals surface area (Å²) in [7, 11) is 0. The zero-order valence-corrected chi connectivity index (χ0v) is 8.36. The van der Waals surface area contributed by atoms with E-state index in [1.54, 1.807) is 6.92 Å². The van der Waals surface area contributed by atoms with E-state index < -0.39 is 6.10 Å². The molecule has 0 bridgehead atoms. The zero-order valence-electron chi connectivity index (χ0n) is 8.36. The van der Waals surface area contributed by atoms with Gasteiger partial charge < -0.3 is 14.9 Å². The van der Waals surface area contributed by atoms with E-state index in [1.807, 2.05) is 13.8 Å². The Labute approximate surface area is 78.8 Å². The number of carbonyl (C=O) groups excluding carboxylic acids is 1. The second-order valence-corrected chi connectivity index (χ2v) is 1.83. The third-order valence-electron chi connectivity index (χ3n) is 0.894. The van der Waals surface area contributed by atoms with Gasteiger partial charge in [-0.2, -0.15) is 0 Å². The predicted octanol–water partition coefficient (Wildman–Crippen LogP) is 0.485. The van der Waals surface area contributed by atoms with Crippen LogP contribution in [0.3, 0.4) is 0 Å². The van der Waals surface area contributed by atoms with Crippen molar-refractivity contribution >= 4 is 5.97 Å². The van der Waals surface area contributed by atoms with Gasteiger partial charge in [0.25, 0.3) is 0 Å². The molecule has 0 spiro atoms. The molecule has 1 atom stereocenters. The minimum absolute atomic E-state index is 0.123. The van der Waals surface area contributed by atoms with Crippen LogP contribution in [0.15, 0.2) is 12.2 Å². The van der Waals surface area contributed by atoms with E-state index >= 15 is 0 Å². The average molecular weight is 190 g/mol. The van der Waals surface area contributed by atoms with Crippen molar-refractivity contribution in [1.29, 1.82) is 0 Å². The molecular formula is C9H18O4. The fraction of sp³-hybridized carbons (Fsp3) is 0.667. The van der Waals surface area contributed by atoms with E-state index in [-0.39, 0.29) is 19.2 Å². The largest absolute Gasteiger partial charge is 0.452 e. The maximum atomic E-state index is 10.2. The summed E-state index contributed by atoms with van der Waals surface area (Å²) in [5, 5.41) is 15.9. The van der Waals surface area contributed by atoms with Crippen LogP contribution in [0, 0.1) is 0 Å². The molecule has 0 saturated heterocycles. The minimum atomic E-state index is -0.400. The van der Waals surface area contributed by atoms with Crippen molar-refractivity contribution in [3.05, 3.63) is 12.2 Å². The van der Waals surface area contributed by atoms with Gasteiger partial charge in [-0.25, -0.2) is 4.79 Å². The quantitative estimate of drug-likeness (QED) is 0.590. The molecule has 0 aliphatic carbocycles. The van der Waals surface area contributed by atoms with Crippen LogP contribution >= 0.6 is 0 Å². The van der Waals surface area contributed by atoms with Crippen molar-refractivity contribution in [2.45, 2.75) is 26.9 Å². The number of hydrogen-bond acceptors (Lipinski definition) is 4. The Bertz CT molecular complexity index is 143. The first-order valence-electron chi connectivity index (χ1n) is 4.35. The molecule has 0 amide bonds. The molecule has 0 unspecified atom stereocenters. The van der Waals surface area contributed by atoms with Crippen LogP contribution in [0.1, 0.15) is 20.8 Å². The molecule has 1 heterocycles. The van der Waals surface area contributed by atoms with Gasteiger partial charge in [-0.05, 0) is 13.0 Å². The van der Waals surface area contributed by atoms with Crippen molar-refractivity contribution in [3.63, 3.8) is 0 Å². The molecule has 1 aliphatic heterocycles. The molecule has 0 radical (unpaired) electrons. The Balaban J connectivity index is 0. The van der Waals surface area contributed by atoms with Gasteiger partial charge in [0.15, 0.2) is 0 Å². The molecule has 4 nitrogen and oxygen atoms in total. The number of aliphatic hydroxyl groups excluding tert-OH is 2. The van der Waals surface area contributed by atoms with Gasteiger partial charge >= 0.3 is 5.97 Å². The van der Waals surface area contributed by atoms with Gasteiger partial charge in [0.2, 0.25) is 0 Å². The Morgan fingerprint density at radius 1 is 1.46 bits per heavy atom. The van der Waals surface area contributed by atoms with E-state index in [2.05, 4.69) is 4.74 Å². The third kappa shape index (κ3) is 9.04. The van der Waals surface area contributed by atoms with Crippen LogP contribution in [-0.2, 0) is 9.53 Å². The summed E-state index contributed by atoms with van der Waals surface area (Å²) in [4.78, 5) is 10.2. The molecule has 1 aliphatic rings. The summed E-state index contributed by atoms with van der Waals surface area (Å²) >= 11 is 0. The number of esters is 1. The second kappa shape index (κ2) is 11.1. The molecule has 0 aromatic carbocycles. The van der Waals surface area contributed by atoms with E-state index in [0.29, 0.717) is 0 Å². The van der Waals surface area contributed by atoms with Gasteiger partial charge in [-0.15, -0.1) is 0 Å². The van der Waals surface area contributed by atoms with Crippen molar-refractivity contribution in [2.75, 3.05) is 13.2 Å². The Hall–Kier alpha value is -0.870. The molecule has 0 saturated carbocycles. The van der Waals surface area contributed by atoms with Crippen LogP contribution in [-0.4, -0.2) is 35.5 Å². The van der Waals surface area contributed by atoms with Crippen molar-refractivity contribution in [3.8, 4) is 0 Å². The van der Waals surface area contributed by atoms with E-state index in [9.17, 15) is 4.79 Å². The Morgan fingerprint density at radius 3 is 2.08 bits per heavy atom. The zero-order chi connectivity index (χ0) is 10.7. The smallest absolute Gasteiger partial charge is 0.331 e. The number of ether oxygens (including phenoxy) is 1. The topological polar surface area (TPSA) is 66.8 Å². The van der Waals surface area contributed by atoms with Crippen LogP contribution in [0.25, 0.3) is 0 Å². The fourth-order valence-electron chi connectivity index (χ4n) is 0.512. The molecular weight excluding hydrogens is 172 g/mol. The maximum absolute atomic E-state index is 10.2. The van der Waals surface area contributed by atoms with Gasteiger partial charge in [0.1, 0.15) is 6.10 Å². The summed E-state index contributed by atoms with van der Waals surface area (Å²) in [5.74, 6) is -0.371. The lowest BCUT2D eigenvalue weighted by atomic mass is 10.4. The summed E-state index contributed by atoms with van der Waals surface area (Å²) in [6, 6.07) is 0. The van der Waals surface area contributed by atoms with Gasteiger partial charge in [0, 0.05) is 12.7 Å². The minimum Gasteiger partial charge on any atom is -0.452 e. The number of rotatable bonds is 1. The lowest BCUT2D eigenvalue weighted by Crippen LogP contribution is -2.11. The van der Waals surface area contributed by atoms with Gasteiger partial charge in [-0.3, -0.25) is 0 Å².